The smallest absolute Gasteiger partial charge is 0 e. The van der Waals surface area contributed by atoms with Crippen LogP contribution in [-0.2, 0) is 20.1 Å². The van der Waals surface area contributed by atoms with Crippen LogP contribution in [0.1, 0.15) is 33.5 Å². The number of benzene rings is 5. The third kappa shape index (κ3) is 9.19. The SMILES string of the molecule is [2H]C(C)(C)c1ccnc(-c2[c-]ccc3c2oc2cc(-c4ccc([Si](C)(C)C)cc4)ccc23)c1.[2H]c1c([2H])c([2H])c(-c2cc[c-]c(-c3cc[c]([Ge]([CH3])([CH3])[CH3])cn3)c2)c([2H])c1[2H].[Ir]. The van der Waals surface area contributed by atoms with Gasteiger partial charge in [0.2, 0.25) is 0 Å². The van der Waals surface area contributed by atoms with Crippen LogP contribution < -0.4 is 9.58 Å². The molecule has 5 aromatic carbocycles. The number of hydrogen-bond acceptors (Lipinski definition) is 3. The molecule has 279 valence electrons. The van der Waals surface area contributed by atoms with Gasteiger partial charge in [0.15, 0.2) is 0 Å². The van der Waals surface area contributed by atoms with Gasteiger partial charge in [-0.3, -0.25) is 0 Å². The minimum atomic E-state index is -1.94. The number of furan rings is 1. The summed E-state index contributed by atoms with van der Waals surface area (Å²) in [6, 6.07) is 37.5. The van der Waals surface area contributed by atoms with E-state index in [4.69, 9.17) is 12.6 Å². The summed E-state index contributed by atoms with van der Waals surface area (Å²) >= 11 is -1.94. The molecular weight excluding hydrogens is 925 g/mol. The minimum absolute atomic E-state index is 0. The minimum Gasteiger partial charge on any atom is 0 e. The Bertz CT molecular complexity index is 2850. The molecule has 1 radical (unpaired) electrons. The van der Waals surface area contributed by atoms with Crippen molar-refractivity contribution in [2.45, 2.75) is 56.7 Å². The standard InChI is InChI=1S/C29H28NOSi.C20H20GeN.Ir/c1-19(2)21-15-16-30-27(17-21)26-8-6-7-25-24-14-11-22(18-28(24)31-29(25)26)20-9-12-23(13-10-20)32(3,4)5;1-21(2,3)19-12-13-20(22-15-19)18-11-7-10-17(14-18)16-8-5-4-6-9-16;/h6-7,9-19H,1-5H3;4-10,12-15H,1-3H3;/q2*-1;/i19D;4D,5D,6D,8D,9D;. The number of fused-ring (bicyclic) bond motifs is 3. The molecule has 0 amide bonds. The number of rotatable bonds is 7. The molecule has 0 bridgehead atoms. The van der Waals surface area contributed by atoms with Crippen molar-refractivity contribution in [3.63, 3.8) is 0 Å². The van der Waals surface area contributed by atoms with E-state index in [0.29, 0.717) is 5.56 Å². The molecule has 0 spiro atoms. The first-order valence-electron chi connectivity index (χ1n) is 21.2. The molecule has 0 aliphatic carbocycles. The maximum atomic E-state index is 8.38. The van der Waals surface area contributed by atoms with Gasteiger partial charge >= 0.3 is 142 Å². The molecule has 0 atom stereocenters. The van der Waals surface area contributed by atoms with Crippen molar-refractivity contribution >= 4 is 52.9 Å². The summed E-state index contributed by atoms with van der Waals surface area (Å²) in [6.07, 6.45) is 3.68. The van der Waals surface area contributed by atoms with Crippen LogP contribution in [0, 0.1) is 12.1 Å². The van der Waals surface area contributed by atoms with Gasteiger partial charge in [-0.15, -0.1) is 18.2 Å². The first kappa shape index (κ1) is 32.8. The van der Waals surface area contributed by atoms with Crippen molar-refractivity contribution in [3.8, 4) is 44.8 Å². The maximum absolute atomic E-state index is 8.38. The van der Waals surface area contributed by atoms with E-state index in [1.165, 1.54) is 15.1 Å². The summed E-state index contributed by atoms with van der Waals surface area (Å²) in [6.45, 7) is 10.9. The van der Waals surface area contributed by atoms with Crippen molar-refractivity contribution in [2.24, 2.45) is 0 Å². The van der Waals surface area contributed by atoms with E-state index < -0.39 is 27.2 Å². The Morgan fingerprint density at radius 3 is 2.09 bits per heavy atom. The molecule has 0 saturated carbocycles. The monoisotopic (exact) mass is 981 g/mol. The van der Waals surface area contributed by atoms with Crippen molar-refractivity contribution in [2.75, 3.05) is 0 Å². The molecule has 3 heterocycles. The Labute approximate surface area is 352 Å². The first-order chi connectivity index (χ1) is 28.2. The third-order valence-corrected chi connectivity index (χ3v) is 15.9. The van der Waals surface area contributed by atoms with Crippen molar-refractivity contribution in [1.29, 1.82) is 0 Å². The van der Waals surface area contributed by atoms with E-state index >= 15 is 0 Å². The van der Waals surface area contributed by atoms with Gasteiger partial charge in [-0.25, -0.2) is 0 Å². The number of pyridine rings is 2. The zero-order chi connectivity index (χ0) is 43.3. The quantitative estimate of drug-likeness (QED) is 0.118. The predicted octanol–water partition coefficient (Wildman–Crippen LogP) is 12.5. The molecule has 0 fully saturated rings. The molecule has 0 saturated heterocycles. The molecule has 8 aromatic rings. The molecule has 55 heavy (non-hydrogen) atoms. The Kier molecular flexibility index (Phi) is 10.0. The normalized spacial score (nSPS) is 13.4. The maximum Gasteiger partial charge on any atom is 0 e. The van der Waals surface area contributed by atoms with Gasteiger partial charge in [0, 0.05) is 33.1 Å². The Morgan fingerprint density at radius 2 is 1.42 bits per heavy atom. The molecule has 6 heteroatoms. The van der Waals surface area contributed by atoms with E-state index in [-0.39, 0.29) is 55.9 Å². The van der Waals surface area contributed by atoms with Crippen LogP contribution in [0.25, 0.3) is 66.7 Å². The van der Waals surface area contributed by atoms with E-state index in [2.05, 4.69) is 108 Å². The third-order valence-electron chi connectivity index (χ3n) is 9.61. The molecule has 3 aromatic heterocycles. The van der Waals surface area contributed by atoms with Crippen LogP contribution in [0.15, 0.2) is 144 Å². The Hall–Kier alpha value is -4.39. The van der Waals surface area contributed by atoms with Crippen molar-refractivity contribution in [1.82, 2.24) is 9.97 Å². The Balaban J connectivity index is 0.000000205. The fourth-order valence-electron chi connectivity index (χ4n) is 6.31. The summed E-state index contributed by atoms with van der Waals surface area (Å²) in [7, 11) is -1.32. The summed E-state index contributed by atoms with van der Waals surface area (Å²) in [5, 5.41) is 3.60. The van der Waals surface area contributed by atoms with Crippen molar-refractivity contribution in [3.05, 3.63) is 157 Å². The average Bonchev–Trinajstić information content (AvgIpc) is 3.60. The van der Waals surface area contributed by atoms with Crippen LogP contribution in [0.2, 0.25) is 36.9 Å². The van der Waals surface area contributed by atoms with Gasteiger partial charge in [0.05, 0.1) is 13.7 Å². The largest absolute Gasteiger partial charge is 0 e. The van der Waals surface area contributed by atoms with Crippen LogP contribution in [0.3, 0.4) is 0 Å². The number of aromatic nitrogens is 2. The zero-order valence-electron chi connectivity index (χ0n) is 38.5. The zero-order valence-corrected chi connectivity index (χ0v) is 38.0. The van der Waals surface area contributed by atoms with Gasteiger partial charge in [0.25, 0.3) is 0 Å². The van der Waals surface area contributed by atoms with E-state index in [9.17, 15) is 0 Å². The van der Waals surface area contributed by atoms with Gasteiger partial charge in [-0.2, -0.15) is 0 Å². The fourth-order valence-corrected chi connectivity index (χ4v) is 9.65. The molecule has 0 N–H and O–H groups in total. The van der Waals surface area contributed by atoms with E-state index in [0.717, 1.165) is 55.6 Å². The second kappa shape index (κ2) is 16.8. The molecule has 0 aliphatic rings. The molecule has 3 nitrogen and oxygen atoms in total. The van der Waals surface area contributed by atoms with Crippen LogP contribution >= 0.6 is 0 Å². The van der Waals surface area contributed by atoms with Gasteiger partial charge in [-0.1, -0.05) is 97.7 Å². The summed E-state index contributed by atoms with van der Waals surface area (Å²) in [5.74, 6) is 6.23. The summed E-state index contributed by atoms with van der Waals surface area (Å²) in [5.41, 5.74) is 8.72. The molecule has 0 unspecified atom stereocenters. The van der Waals surface area contributed by atoms with Gasteiger partial charge < -0.3 is 9.40 Å². The first-order valence-corrected chi connectivity index (χ1v) is 29.1. The van der Waals surface area contributed by atoms with Gasteiger partial charge in [0.1, 0.15) is 5.58 Å². The topological polar surface area (TPSA) is 38.9 Å². The fraction of sp³-hybridized carbons (Fsp3) is 0.184. The van der Waals surface area contributed by atoms with Gasteiger partial charge in [-0.05, 0) is 34.8 Å². The van der Waals surface area contributed by atoms with Crippen molar-refractivity contribution < 1.29 is 32.7 Å². The number of nitrogens with zero attached hydrogens (tertiary/aromatic N) is 2. The van der Waals surface area contributed by atoms with E-state index in [1.54, 1.807) is 24.4 Å². The van der Waals surface area contributed by atoms with Crippen LogP contribution in [0.4, 0.5) is 0 Å². The van der Waals surface area contributed by atoms with Crippen LogP contribution in [-0.4, -0.2) is 31.3 Å². The molecule has 8 rings (SSSR count). The van der Waals surface area contributed by atoms with Crippen LogP contribution in [0.5, 0.6) is 0 Å². The van der Waals surface area contributed by atoms with E-state index in [1.807, 2.05) is 50.4 Å². The summed E-state index contributed by atoms with van der Waals surface area (Å²) < 4.78 is 55.8. The Morgan fingerprint density at radius 1 is 0.709 bits per heavy atom. The predicted molar refractivity (Wildman–Crippen MR) is 235 cm³/mol. The summed E-state index contributed by atoms with van der Waals surface area (Å²) in [4.78, 5) is 9.13. The molecular formula is C49H48GeIrN2OSi-2. The second-order valence-electron chi connectivity index (χ2n) is 15.8. The second-order valence-corrected chi connectivity index (χ2v) is 31.6. The molecule has 0 aliphatic heterocycles. The number of hydrogen-bond donors (Lipinski definition) is 0. The average molecular weight is 980 g/mol.